The van der Waals surface area contributed by atoms with E-state index in [1.165, 1.54) is 19.1 Å². The molecule has 2 N–H and O–H groups in total. The van der Waals surface area contributed by atoms with Gasteiger partial charge >= 0.3 is 5.97 Å². The molecule has 2 rings (SSSR count). The second-order valence-electron chi connectivity index (χ2n) is 5.15. The first-order valence-corrected chi connectivity index (χ1v) is 7.57. The Morgan fingerprint density at radius 1 is 1.12 bits per heavy atom. The molecule has 0 bridgehead atoms. The van der Waals surface area contributed by atoms with E-state index in [4.69, 9.17) is 4.74 Å². The smallest absolute Gasteiger partial charge is 0.308 e. The van der Waals surface area contributed by atoms with Crippen LogP contribution in [0.15, 0.2) is 61.2 Å². The van der Waals surface area contributed by atoms with Crippen molar-refractivity contribution in [2.24, 2.45) is 0 Å². The van der Waals surface area contributed by atoms with Crippen LogP contribution in [-0.4, -0.2) is 17.8 Å². The van der Waals surface area contributed by atoms with Gasteiger partial charge in [-0.15, -0.1) is 0 Å². The molecule has 0 radical (unpaired) electrons. The van der Waals surface area contributed by atoms with E-state index in [2.05, 4.69) is 17.2 Å². The zero-order valence-corrected chi connectivity index (χ0v) is 13.7. The predicted octanol–water partition coefficient (Wildman–Crippen LogP) is 2.67. The zero-order chi connectivity index (χ0) is 18.2. The quantitative estimate of drug-likeness (QED) is 0.482. The number of benzene rings is 2. The van der Waals surface area contributed by atoms with Crippen molar-refractivity contribution < 1.29 is 19.1 Å². The molecule has 0 spiro atoms. The third-order valence-electron chi connectivity index (χ3n) is 3.26. The predicted molar refractivity (Wildman–Crippen MR) is 94.2 cm³/mol. The van der Waals surface area contributed by atoms with Crippen molar-refractivity contribution in [2.75, 3.05) is 5.32 Å². The summed E-state index contributed by atoms with van der Waals surface area (Å²) < 4.78 is 4.98. The lowest BCUT2D eigenvalue weighted by Crippen LogP contribution is -2.21. The summed E-state index contributed by atoms with van der Waals surface area (Å²) >= 11 is 0. The van der Waals surface area contributed by atoms with Crippen LogP contribution >= 0.6 is 0 Å². The number of anilines is 1. The third kappa shape index (κ3) is 5.31. The SMILES string of the molecule is C=CC(=O)NCc1ccccc1NC(=O)c1cccc(OC(C)=O)c1. The number of amides is 2. The van der Waals surface area contributed by atoms with E-state index in [-0.39, 0.29) is 18.4 Å². The minimum atomic E-state index is -0.458. The molecule has 6 nitrogen and oxygen atoms in total. The van der Waals surface area contributed by atoms with Crippen molar-refractivity contribution in [3.63, 3.8) is 0 Å². The van der Waals surface area contributed by atoms with E-state index in [1.807, 2.05) is 6.07 Å². The number of carbonyl (C=O) groups excluding carboxylic acids is 3. The summed E-state index contributed by atoms with van der Waals surface area (Å²) in [6.45, 7) is 4.95. The fourth-order valence-electron chi connectivity index (χ4n) is 2.11. The van der Waals surface area contributed by atoms with Crippen molar-refractivity contribution in [1.82, 2.24) is 5.32 Å². The first-order valence-electron chi connectivity index (χ1n) is 7.57. The van der Waals surface area contributed by atoms with Gasteiger partial charge in [0.1, 0.15) is 5.75 Å². The molecule has 6 heteroatoms. The Hall–Kier alpha value is -3.41. The Balaban J connectivity index is 2.14. The normalized spacial score (nSPS) is 9.80. The van der Waals surface area contributed by atoms with Gasteiger partial charge in [0, 0.05) is 24.7 Å². The monoisotopic (exact) mass is 338 g/mol. The molecule has 25 heavy (non-hydrogen) atoms. The van der Waals surface area contributed by atoms with Gasteiger partial charge in [-0.05, 0) is 35.9 Å². The molecular formula is C19H18N2O4. The van der Waals surface area contributed by atoms with Crippen molar-refractivity contribution in [3.8, 4) is 5.75 Å². The number of carbonyl (C=O) groups is 3. The Morgan fingerprint density at radius 3 is 2.60 bits per heavy atom. The molecule has 2 amide bonds. The largest absolute Gasteiger partial charge is 0.427 e. The fraction of sp³-hybridized carbons (Fsp3) is 0.105. The molecular weight excluding hydrogens is 320 g/mol. The molecule has 0 unspecified atom stereocenters. The molecule has 0 saturated carbocycles. The molecule has 2 aromatic carbocycles. The van der Waals surface area contributed by atoms with E-state index >= 15 is 0 Å². The highest BCUT2D eigenvalue weighted by molar-refractivity contribution is 6.05. The van der Waals surface area contributed by atoms with Crippen molar-refractivity contribution >= 4 is 23.5 Å². The maximum Gasteiger partial charge on any atom is 0.308 e. The van der Waals surface area contributed by atoms with Crippen molar-refractivity contribution in [1.29, 1.82) is 0 Å². The molecule has 2 aromatic rings. The fourth-order valence-corrected chi connectivity index (χ4v) is 2.11. The van der Waals surface area contributed by atoms with Crippen LogP contribution in [0, 0.1) is 0 Å². The number of hydrogen-bond acceptors (Lipinski definition) is 4. The van der Waals surface area contributed by atoms with Crippen LogP contribution in [0.3, 0.4) is 0 Å². The van der Waals surface area contributed by atoms with Gasteiger partial charge in [-0.1, -0.05) is 30.8 Å². The van der Waals surface area contributed by atoms with Gasteiger partial charge in [-0.25, -0.2) is 0 Å². The van der Waals surface area contributed by atoms with Gasteiger partial charge in [-0.3, -0.25) is 14.4 Å². The highest BCUT2D eigenvalue weighted by Gasteiger charge is 2.11. The van der Waals surface area contributed by atoms with Crippen LogP contribution in [0.2, 0.25) is 0 Å². The number of para-hydroxylation sites is 1. The molecule has 128 valence electrons. The van der Waals surface area contributed by atoms with Gasteiger partial charge in [0.15, 0.2) is 0 Å². The summed E-state index contributed by atoms with van der Waals surface area (Å²) in [4.78, 5) is 34.8. The van der Waals surface area contributed by atoms with Crippen LogP contribution in [0.5, 0.6) is 5.75 Å². The number of rotatable bonds is 6. The van der Waals surface area contributed by atoms with E-state index < -0.39 is 5.97 Å². The third-order valence-corrected chi connectivity index (χ3v) is 3.26. The minimum Gasteiger partial charge on any atom is -0.427 e. The van der Waals surface area contributed by atoms with E-state index in [0.29, 0.717) is 17.0 Å². The molecule has 0 aliphatic rings. The van der Waals surface area contributed by atoms with Gasteiger partial charge in [-0.2, -0.15) is 0 Å². The highest BCUT2D eigenvalue weighted by atomic mass is 16.5. The van der Waals surface area contributed by atoms with E-state index in [1.54, 1.807) is 36.4 Å². The minimum absolute atomic E-state index is 0.259. The second kappa shape index (κ2) is 8.44. The van der Waals surface area contributed by atoms with Crippen LogP contribution in [0.25, 0.3) is 0 Å². The summed E-state index contributed by atoms with van der Waals surface area (Å²) in [5.74, 6) is -0.806. The number of esters is 1. The lowest BCUT2D eigenvalue weighted by molar-refractivity contribution is -0.131. The molecule has 0 aliphatic heterocycles. The summed E-state index contributed by atoms with van der Waals surface area (Å²) in [5.41, 5.74) is 1.68. The first kappa shape index (κ1) is 17.9. The van der Waals surface area contributed by atoms with Gasteiger partial charge in [0.2, 0.25) is 5.91 Å². The molecule has 0 saturated heterocycles. The van der Waals surface area contributed by atoms with Crippen LogP contribution < -0.4 is 15.4 Å². The van der Waals surface area contributed by atoms with Crippen LogP contribution in [-0.2, 0) is 16.1 Å². The lowest BCUT2D eigenvalue weighted by Gasteiger charge is -2.12. The highest BCUT2D eigenvalue weighted by Crippen LogP contribution is 2.18. The maximum absolute atomic E-state index is 12.4. The maximum atomic E-state index is 12.4. The summed E-state index contributed by atoms with van der Waals surface area (Å²) in [6.07, 6.45) is 1.18. The molecule has 0 aromatic heterocycles. The zero-order valence-electron chi connectivity index (χ0n) is 13.7. The summed E-state index contributed by atoms with van der Waals surface area (Å²) in [7, 11) is 0. The van der Waals surface area contributed by atoms with Crippen LogP contribution in [0.1, 0.15) is 22.8 Å². The first-order chi connectivity index (χ1) is 12.0. The number of hydrogen-bond donors (Lipinski definition) is 2. The van der Waals surface area contributed by atoms with E-state index in [0.717, 1.165) is 5.56 Å². The standard InChI is InChI=1S/C19H18N2O4/c1-3-18(23)20-12-15-7-4-5-10-17(15)21-19(24)14-8-6-9-16(11-14)25-13(2)22/h3-11H,1,12H2,2H3,(H,20,23)(H,21,24). The summed E-state index contributed by atoms with van der Waals surface area (Å²) in [5, 5.41) is 5.46. The molecule has 0 aliphatic carbocycles. The Morgan fingerprint density at radius 2 is 1.88 bits per heavy atom. The van der Waals surface area contributed by atoms with Crippen LogP contribution in [0.4, 0.5) is 5.69 Å². The number of ether oxygens (including phenoxy) is 1. The molecule has 0 fully saturated rings. The second-order valence-corrected chi connectivity index (χ2v) is 5.15. The number of nitrogens with one attached hydrogen (secondary N) is 2. The van der Waals surface area contributed by atoms with Crippen molar-refractivity contribution in [3.05, 3.63) is 72.3 Å². The Bertz CT molecular complexity index is 815. The topological polar surface area (TPSA) is 84.5 Å². The summed E-state index contributed by atoms with van der Waals surface area (Å²) in [6, 6.07) is 13.5. The molecule has 0 heterocycles. The Labute approximate surface area is 145 Å². The van der Waals surface area contributed by atoms with E-state index in [9.17, 15) is 14.4 Å². The van der Waals surface area contributed by atoms with Gasteiger partial charge < -0.3 is 15.4 Å². The molecule has 0 atom stereocenters. The average Bonchev–Trinajstić information content (AvgIpc) is 2.60. The Kier molecular flexibility index (Phi) is 6.06. The van der Waals surface area contributed by atoms with Gasteiger partial charge in [0.25, 0.3) is 5.91 Å². The van der Waals surface area contributed by atoms with Crippen molar-refractivity contribution in [2.45, 2.75) is 13.5 Å². The van der Waals surface area contributed by atoms with Gasteiger partial charge in [0.05, 0.1) is 0 Å². The lowest BCUT2D eigenvalue weighted by atomic mass is 10.1. The average molecular weight is 338 g/mol.